The van der Waals surface area contributed by atoms with E-state index in [0.29, 0.717) is 26.2 Å². The third-order valence-corrected chi connectivity index (χ3v) is 5.16. The number of rotatable bonds is 0. The lowest BCUT2D eigenvalue weighted by Gasteiger charge is -2.09. The SMILES string of the molecule is CC1=NCCN=C(C)c2cc(=S)cc([nH]2)C(C)=NCCN=C(C)c2cc(C)cc1n2. The fourth-order valence-electron chi connectivity index (χ4n) is 3.17. The number of aliphatic imine (C=N–C) groups is 4. The lowest BCUT2D eigenvalue weighted by Crippen LogP contribution is -2.10. The standard InChI is InChI=1S/C23H28N6S/c1-14-10-20-15(2)24-6-8-26-17(4)22-12-19(30)13-23(29-22)18(5)27-9-7-25-16(3)21(11-14)28-20/h10-13H,6-9H2,1-5H3,(H,29,30). The van der Waals surface area contributed by atoms with Crippen LogP contribution in [0.3, 0.4) is 0 Å². The first-order valence-corrected chi connectivity index (χ1v) is 10.5. The van der Waals surface area contributed by atoms with Crippen molar-refractivity contribution in [3.8, 4) is 0 Å². The van der Waals surface area contributed by atoms with Crippen molar-refractivity contribution in [3.05, 3.63) is 57.1 Å². The van der Waals surface area contributed by atoms with Crippen molar-refractivity contribution < 1.29 is 0 Å². The van der Waals surface area contributed by atoms with Gasteiger partial charge in [0.05, 0.1) is 71.8 Å². The van der Waals surface area contributed by atoms with E-state index in [1.165, 1.54) is 0 Å². The number of nitrogens with zero attached hydrogens (tertiary/aromatic N) is 5. The van der Waals surface area contributed by atoms with Crippen LogP contribution in [0.5, 0.6) is 0 Å². The third kappa shape index (κ3) is 5.63. The lowest BCUT2D eigenvalue weighted by atomic mass is 10.1. The van der Waals surface area contributed by atoms with Gasteiger partial charge < -0.3 is 4.98 Å². The highest BCUT2D eigenvalue weighted by molar-refractivity contribution is 7.71. The van der Waals surface area contributed by atoms with Gasteiger partial charge in [0.1, 0.15) is 0 Å². The summed E-state index contributed by atoms with van der Waals surface area (Å²) < 4.78 is 0.764. The Morgan fingerprint density at radius 2 is 1.03 bits per heavy atom. The van der Waals surface area contributed by atoms with Gasteiger partial charge in [-0.25, -0.2) is 4.98 Å². The van der Waals surface area contributed by atoms with Gasteiger partial charge in [0.15, 0.2) is 0 Å². The summed E-state index contributed by atoms with van der Waals surface area (Å²) in [5, 5.41) is 0. The molecule has 30 heavy (non-hydrogen) atoms. The predicted molar refractivity (Wildman–Crippen MR) is 129 cm³/mol. The second-order valence-corrected chi connectivity index (χ2v) is 7.90. The summed E-state index contributed by atoms with van der Waals surface area (Å²) in [4.78, 5) is 26.9. The van der Waals surface area contributed by atoms with E-state index in [2.05, 4.69) is 44.0 Å². The Kier molecular flexibility index (Phi) is 7.15. The van der Waals surface area contributed by atoms with Gasteiger partial charge >= 0.3 is 0 Å². The normalized spacial score (nSPS) is 15.9. The van der Waals surface area contributed by atoms with Gasteiger partial charge in [-0.2, -0.15) is 0 Å². The summed E-state index contributed by atoms with van der Waals surface area (Å²) in [6.07, 6.45) is 0. The fraction of sp³-hybridized carbons (Fsp3) is 0.391. The molecule has 1 N–H and O–H groups in total. The molecule has 0 atom stereocenters. The molecule has 3 rings (SSSR count). The first-order chi connectivity index (χ1) is 14.3. The van der Waals surface area contributed by atoms with Crippen molar-refractivity contribution in [1.82, 2.24) is 9.97 Å². The van der Waals surface area contributed by atoms with E-state index in [-0.39, 0.29) is 0 Å². The van der Waals surface area contributed by atoms with Crippen LogP contribution in [0, 0.1) is 11.4 Å². The molecule has 0 saturated carbocycles. The minimum absolute atomic E-state index is 0.597. The van der Waals surface area contributed by atoms with Crippen molar-refractivity contribution in [2.75, 3.05) is 26.2 Å². The molecule has 2 aromatic heterocycles. The Morgan fingerprint density at radius 1 is 0.633 bits per heavy atom. The molecule has 0 radical (unpaired) electrons. The highest BCUT2D eigenvalue weighted by atomic mass is 32.1. The fourth-order valence-corrected chi connectivity index (χ4v) is 3.41. The zero-order valence-electron chi connectivity index (χ0n) is 18.3. The van der Waals surface area contributed by atoms with Gasteiger partial charge in [-0.05, 0) is 64.4 Å². The molecule has 1 aliphatic rings. The monoisotopic (exact) mass is 420 g/mol. The summed E-state index contributed by atoms with van der Waals surface area (Å²) in [7, 11) is 0. The second kappa shape index (κ2) is 9.80. The molecular formula is C23H28N6S. The molecule has 0 saturated heterocycles. The van der Waals surface area contributed by atoms with Crippen molar-refractivity contribution >= 4 is 35.1 Å². The van der Waals surface area contributed by atoms with E-state index < -0.39 is 0 Å². The summed E-state index contributed by atoms with van der Waals surface area (Å²) in [5.74, 6) is 0. The Morgan fingerprint density at radius 3 is 1.47 bits per heavy atom. The molecule has 156 valence electrons. The average Bonchev–Trinajstić information content (AvgIpc) is 2.72. The number of fused-ring (bicyclic) bond motifs is 4. The zero-order valence-corrected chi connectivity index (χ0v) is 19.1. The van der Waals surface area contributed by atoms with Gasteiger partial charge in [0, 0.05) is 4.51 Å². The summed E-state index contributed by atoms with van der Waals surface area (Å²) >= 11 is 5.44. The van der Waals surface area contributed by atoms with Crippen LogP contribution in [0.1, 0.15) is 56.0 Å². The van der Waals surface area contributed by atoms with Crippen LogP contribution < -0.4 is 0 Å². The molecule has 6 nitrogen and oxygen atoms in total. The van der Waals surface area contributed by atoms with E-state index in [1.54, 1.807) is 0 Å². The van der Waals surface area contributed by atoms with E-state index in [1.807, 2.05) is 39.8 Å². The van der Waals surface area contributed by atoms with Crippen molar-refractivity contribution in [1.29, 1.82) is 0 Å². The number of pyridine rings is 2. The van der Waals surface area contributed by atoms with Crippen molar-refractivity contribution in [3.63, 3.8) is 0 Å². The molecule has 0 amide bonds. The maximum atomic E-state index is 5.44. The van der Waals surface area contributed by atoms with Gasteiger partial charge in [0.25, 0.3) is 0 Å². The van der Waals surface area contributed by atoms with Crippen LogP contribution in [-0.2, 0) is 0 Å². The Labute approximate surface area is 183 Å². The smallest absolute Gasteiger partial charge is 0.0847 e. The Bertz CT molecular complexity index is 1040. The Balaban J connectivity index is 2.02. The number of nitrogens with one attached hydrogen (secondary N) is 1. The van der Waals surface area contributed by atoms with Crippen molar-refractivity contribution in [2.45, 2.75) is 34.6 Å². The molecule has 7 heteroatoms. The molecule has 3 heterocycles. The molecule has 0 aliphatic carbocycles. The number of hydrogen-bond donors (Lipinski definition) is 1. The first-order valence-electron chi connectivity index (χ1n) is 10.1. The van der Waals surface area contributed by atoms with E-state index in [4.69, 9.17) is 17.2 Å². The average molecular weight is 421 g/mol. The molecule has 0 unspecified atom stereocenters. The van der Waals surface area contributed by atoms with E-state index in [9.17, 15) is 0 Å². The number of hydrogen-bond acceptors (Lipinski definition) is 6. The zero-order chi connectivity index (χ0) is 21.7. The maximum absolute atomic E-state index is 5.44. The van der Waals surface area contributed by atoms with Gasteiger partial charge in [-0.1, -0.05) is 12.2 Å². The van der Waals surface area contributed by atoms with Gasteiger partial charge in [0.2, 0.25) is 0 Å². The molecule has 4 bridgehead atoms. The summed E-state index contributed by atoms with van der Waals surface area (Å²) in [5.41, 5.74) is 8.35. The van der Waals surface area contributed by atoms with Crippen LogP contribution >= 0.6 is 12.2 Å². The molecule has 2 aromatic rings. The minimum Gasteiger partial charge on any atom is -0.353 e. The Hall–Kier alpha value is -2.80. The topological polar surface area (TPSA) is 78.1 Å². The largest absolute Gasteiger partial charge is 0.353 e. The molecular weight excluding hydrogens is 392 g/mol. The quantitative estimate of drug-likeness (QED) is 0.641. The third-order valence-electron chi connectivity index (χ3n) is 4.93. The molecule has 0 spiro atoms. The second-order valence-electron chi connectivity index (χ2n) is 7.43. The van der Waals surface area contributed by atoms with Crippen LogP contribution in [0.4, 0.5) is 0 Å². The van der Waals surface area contributed by atoms with Gasteiger partial charge in [-0.15, -0.1) is 0 Å². The molecule has 1 aliphatic heterocycles. The van der Waals surface area contributed by atoms with Crippen LogP contribution in [0.2, 0.25) is 0 Å². The van der Waals surface area contributed by atoms with E-state index in [0.717, 1.165) is 55.7 Å². The van der Waals surface area contributed by atoms with Crippen LogP contribution in [0.25, 0.3) is 0 Å². The van der Waals surface area contributed by atoms with Crippen LogP contribution in [-0.4, -0.2) is 59.0 Å². The summed E-state index contributed by atoms with van der Waals surface area (Å²) in [6.45, 7) is 12.4. The van der Waals surface area contributed by atoms with E-state index >= 15 is 0 Å². The molecule has 0 aromatic carbocycles. The lowest BCUT2D eigenvalue weighted by molar-refractivity contribution is 0.963. The minimum atomic E-state index is 0.597. The van der Waals surface area contributed by atoms with Gasteiger partial charge in [-0.3, -0.25) is 20.0 Å². The predicted octanol–water partition coefficient (Wildman–Crippen LogP) is 4.40. The first kappa shape index (κ1) is 21.9. The molecule has 0 fully saturated rings. The highest BCUT2D eigenvalue weighted by Crippen LogP contribution is 2.09. The highest BCUT2D eigenvalue weighted by Gasteiger charge is 2.07. The number of H-pyrrole nitrogens is 1. The number of aromatic amines is 1. The van der Waals surface area contributed by atoms with Crippen molar-refractivity contribution in [2.24, 2.45) is 20.0 Å². The summed E-state index contributed by atoms with van der Waals surface area (Å²) in [6, 6.07) is 7.98. The van der Waals surface area contributed by atoms with Crippen LogP contribution in [0.15, 0.2) is 44.2 Å². The maximum Gasteiger partial charge on any atom is 0.0847 e. The number of aromatic nitrogens is 2. The number of aryl methyl sites for hydroxylation is 1.